The number of allylic oxidation sites excluding steroid dienone is 3. The zero-order valence-corrected chi connectivity index (χ0v) is 14.7. The maximum Gasteiger partial charge on any atom is 0.248 e. The van der Waals surface area contributed by atoms with Gasteiger partial charge >= 0.3 is 0 Å². The van der Waals surface area contributed by atoms with Crippen LogP contribution in [0, 0.1) is 5.41 Å². The van der Waals surface area contributed by atoms with Gasteiger partial charge in [-0.15, -0.1) is 0 Å². The summed E-state index contributed by atoms with van der Waals surface area (Å²) in [6.45, 7) is 7.81. The molecular formula is C18H25NO2S. The van der Waals surface area contributed by atoms with Crippen molar-refractivity contribution < 1.29 is 8.42 Å². The van der Waals surface area contributed by atoms with Gasteiger partial charge in [0.05, 0.1) is 0 Å². The number of nitrogens with zero attached hydrogens (tertiary/aromatic N) is 1. The topological polar surface area (TPSA) is 39.1 Å². The van der Waals surface area contributed by atoms with Crippen LogP contribution in [0.4, 0.5) is 0 Å². The Bertz CT molecular complexity index is 765. The summed E-state index contributed by atoms with van der Waals surface area (Å²) in [6.07, 6.45) is 11.8. The van der Waals surface area contributed by atoms with Gasteiger partial charge in [0.1, 0.15) is 4.75 Å². The molecule has 0 bridgehead atoms. The molecule has 0 amide bonds. The SMILES string of the molecule is CC1=CC(C)(S(=O)(=O)n2ccc3c2CCCC3)C(C)(C)C=C1. The average molecular weight is 319 g/mol. The fourth-order valence-corrected chi connectivity index (χ4v) is 5.80. The van der Waals surface area contributed by atoms with Gasteiger partial charge in [-0.1, -0.05) is 37.6 Å². The summed E-state index contributed by atoms with van der Waals surface area (Å²) in [5.74, 6) is 0. The van der Waals surface area contributed by atoms with Crippen LogP contribution in [-0.2, 0) is 22.9 Å². The minimum atomic E-state index is -3.51. The Hall–Kier alpha value is -1.29. The van der Waals surface area contributed by atoms with E-state index in [0.717, 1.165) is 37.0 Å². The number of aromatic nitrogens is 1. The molecule has 0 aromatic carbocycles. The van der Waals surface area contributed by atoms with E-state index < -0.39 is 20.2 Å². The molecule has 0 saturated heterocycles. The van der Waals surface area contributed by atoms with E-state index in [0.29, 0.717) is 0 Å². The highest BCUT2D eigenvalue weighted by Crippen LogP contribution is 2.45. The summed E-state index contributed by atoms with van der Waals surface area (Å²) in [4.78, 5) is 0. The summed E-state index contributed by atoms with van der Waals surface area (Å²) in [5, 5.41) is 0. The molecule has 0 spiro atoms. The Labute approximate surface area is 133 Å². The van der Waals surface area contributed by atoms with Crippen LogP contribution in [0.1, 0.15) is 51.8 Å². The van der Waals surface area contributed by atoms with E-state index in [9.17, 15) is 8.42 Å². The average Bonchev–Trinajstić information content (AvgIpc) is 2.88. The van der Waals surface area contributed by atoms with Gasteiger partial charge in [0.15, 0.2) is 0 Å². The van der Waals surface area contributed by atoms with Crippen LogP contribution < -0.4 is 0 Å². The van der Waals surface area contributed by atoms with Gasteiger partial charge < -0.3 is 0 Å². The summed E-state index contributed by atoms with van der Waals surface area (Å²) < 4.78 is 27.6. The number of fused-ring (bicyclic) bond motifs is 1. The zero-order valence-electron chi connectivity index (χ0n) is 13.9. The van der Waals surface area contributed by atoms with Crippen molar-refractivity contribution in [3.63, 3.8) is 0 Å². The van der Waals surface area contributed by atoms with Gasteiger partial charge in [0.2, 0.25) is 10.0 Å². The first-order chi connectivity index (χ1) is 10.2. The Balaban J connectivity index is 2.18. The van der Waals surface area contributed by atoms with Crippen LogP contribution in [0.3, 0.4) is 0 Å². The lowest BCUT2D eigenvalue weighted by atomic mass is 9.75. The standard InChI is InChI=1S/C18H25NO2S/c1-14-9-11-17(2,3)18(4,13-14)22(20,21)19-12-10-15-7-5-6-8-16(15)19/h9-13H,5-8H2,1-4H3. The summed E-state index contributed by atoms with van der Waals surface area (Å²) >= 11 is 0. The predicted octanol–water partition coefficient (Wildman–Crippen LogP) is 3.85. The first-order valence-corrected chi connectivity index (χ1v) is 9.46. The maximum absolute atomic E-state index is 13.5. The van der Waals surface area contributed by atoms with Crippen molar-refractivity contribution in [2.75, 3.05) is 0 Å². The molecule has 1 aromatic rings. The summed E-state index contributed by atoms with van der Waals surface area (Å²) in [5.41, 5.74) is 2.75. The van der Waals surface area contributed by atoms with Gasteiger partial charge in [0, 0.05) is 17.3 Å². The molecule has 1 unspecified atom stereocenters. The number of hydrogen-bond acceptors (Lipinski definition) is 2. The molecule has 3 nitrogen and oxygen atoms in total. The lowest BCUT2D eigenvalue weighted by molar-refractivity contribution is 0.371. The highest BCUT2D eigenvalue weighted by Gasteiger charge is 2.51. The van der Waals surface area contributed by atoms with E-state index in [2.05, 4.69) is 0 Å². The van der Waals surface area contributed by atoms with Crippen molar-refractivity contribution in [3.8, 4) is 0 Å². The van der Waals surface area contributed by atoms with Crippen molar-refractivity contribution in [1.82, 2.24) is 3.97 Å². The lowest BCUT2D eigenvalue weighted by Gasteiger charge is -2.42. The molecule has 0 aliphatic heterocycles. The third-order valence-electron chi connectivity index (χ3n) is 5.50. The fourth-order valence-electron chi connectivity index (χ4n) is 3.60. The molecule has 2 aliphatic carbocycles. The second-order valence-corrected chi connectivity index (χ2v) is 9.54. The van der Waals surface area contributed by atoms with Crippen molar-refractivity contribution in [3.05, 3.63) is 47.3 Å². The molecule has 22 heavy (non-hydrogen) atoms. The monoisotopic (exact) mass is 319 g/mol. The minimum Gasteiger partial charge on any atom is -0.249 e. The molecule has 120 valence electrons. The van der Waals surface area contributed by atoms with E-state index in [-0.39, 0.29) is 0 Å². The Morgan fingerprint density at radius 2 is 1.82 bits per heavy atom. The van der Waals surface area contributed by atoms with Crippen molar-refractivity contribution in [2.45, 2.75) is 58.1 Å². The van der Waals surface area contributed by atoms with Crippen molar-refractivity contribution in [1.29, 1.82) is 0 Å². The zero-order chi connectivity index (χ0) is 16.2. The number of hydrogen-bond donors (Lipinski definition) is 0. The van der Waals surface area contributed by atoms with Gasteiger partial charge in [-0.3, -0.25) is 0 Å². The van der Waals surface area contributed by atoms with Gasteiger partial charge in [-0.05, 0) is 51.2 Å². The third-order valence-corrected chi connectivity index (χ3v) is 8.07. The molecule has 0 fully saturated rings. The van der Waals surface area contributed by atoms with Gasteiger partial charge in [0.25, 0.3) is 0 Å². The van der Waals surface area contributed by atoms with Crippen LogP contribution in [0.15, 0.2) is 36.1 Å². The highest BCUT2D eigenvalue weighted by molar-refractivity contribution is 7.91. The second-order valence-electron chi connectivity index (χ2n) is 7.35. The molecule has 1 heterocycles. The smallest absolute Gasteiger partial charge is 0.248 e. The van der Waals surface area contributed by atoms with Crippen molar-refractivity contribution >= 4 is 10.0 Å². The van der Waals surface area contributed by atoms with E-state index in [4.69, 9.17) is 0 Å². The summed E-state index contributed by atoms with van der Waals surface area (Å²) in [6, 6.07) is 1.98. The molecule has 0 N–H and O–H groups in total. The molecule has 1 atom stereocenters. The van der Waals surface area contributed by atoms with Crippen LogP contribution in [0.5, 0.6) is 0 Å². The number of aryl methyl sites for hydroxylation is 1. The van der Waals surface area contributed by atoms with Crippen LogP contribution >= 0.6 is 0 Å². The van der Waals surface area contributed by atoms with E-state index in [1.165, 1.54) is 5.56 Å². The molecule has 2 aliphatic rings. The Morgan fingerprint density at radius 1 is 1.14 bits per heavy atom. The molecule has 0 saturated carbocycles. The van der Waals surface area contributed by atoms with Crippen molar-refractivity contribution in [2.24, 2.45) is 5.41 Å². The molecule has 3 rings (SSSR count). The minimum absolute atomic E-state index is 0.447. The highest BCUT2D eigenvalue weighted by atomic mass is 32.2. The Morgan fingerprint density at radius 3 is 2.55 bits per heavy atom. The third kappa shape index (κ3) is 2.03. The number of rotatable bonds is 2. The maximum atomic E-state index is 13.5. The Kier molecular flexibility index (Phi) is 3.44. The molecule has 4 heteroatoms. The van der Waals surface area contributed by atoms with E-state index >= 15 is 0 Å². The molecular weight excluding hydrogens is 294 g/mol. The fraction of sp³-hybridized carbons (Fsp3) is 0.556. The predicted molar refractivity (Wildman–Crippen MR) is 90.5 cm³/mol. The van der Waals surface area contributed by atoms with E-state index in [1.54, 1.807) is 10.2 Å². The second kappa shape index (κ2) is 4.85. The normalized spacial score (nSPS) is 27.4. The largest absolute Gasteiger partial charge is 0.249 e. The van der Waals surface area contributed by atoms with Crippen LogP contribution in [-0.4, -0.2) is 17.1 Å². The first-order valence-electron chi connectivity index (χ1n) is 8.02. The van der Waals surface area contributed by atoms with E-state index in [1.807, 2.05) is 52.0 Å². The summed E-state index contributed by atoms with van der Waals surface area (Å²) in [7, 11) is -3.51. The molecule has 1 aromatic heterocycles. The lowest BCUT2D eigenvalue weighted by Crippen LogP contribution is -2.50. The van der Waals surface area contributed by atoms with Crippen LogP contribution in [0.2, 0.25) is 0 Å². The first kappa shape index (κ1) is 15.6. The van der Waals surface area contributed by atoms with Gasteiger partial charge in [-0.25, -0.2) is 12.4 Å². The van der Waals surface area contributed by atoms with Crippen LogP contribution in [0.25, 0.3) is 0 Å². The molecule has 0 radical (unpaired) electrons. The van der Waals surface area contributed by atoms with Gasteiger partial charge in [-0.2, -0.15) is 0 Å². The quantitative estimate of drug-likeness (QED) is 0.830.